The van der Waals surface area contributed by atoms with Crippen molar-refractivity contribution in [2.45, 2.75) is 58.6 Å². The smallest absolute Gasteiger partial charge is 0.408 e. The fourth-order valence-electron chi connectivity index (χ4n) is 1.30. The first-order valence-electron chi connectivity index (χ1n) is 6.15. The van der Waals surface area contributed by atoms with E-state index >= 15 is 0 Å². The Hall–Kier alpha value is -1.52. The van der Waals surface area contributed by atoms with Crippen LogP contribution in [0.3, 0.4) is 0 Å². The summed E-state index contributed by atoms with van der Waals surface area (Å²) in [4.78, 5) is 22.0. The normalized spacial score (nSPS) is 13.3. The van der Waals surface area contributed by atoms with Gasteiger partial charge in [0, 0.05) is 6.08 Å². The zero-order valence-electron chi connectivity index (χ0n) is 11.5. The molecule has 0 aliphatic rings. The maximum Gasteiger partial charge on any atom is 0.408 e. The van der Waals surface area contributed by atoms with E-state index in [4.69, 9.17) is 9.84 Å². The van der Waals surface area contributed by atoms with Gasteiger partial charge in [0.05, 0.1) is 6.04 Å². The molecular weight excluding hydrogens is 234 g/mol. The molecule has 0 unspecified atom stereocenters. The molecule has 0 saturated carbocycles. The Morgan fingerprint density at radius 2 is 2.00 bits per heavy atom. The van der Waals surface area contributed by atoms with Crippen LogP contribution in [0.5, 0.6) is 0 Å². The Kier molecular flexibility index (Phi) is 7.08. The van der Waals surface area contributed by atoms with Crippen LogP contribution in [0.2, 0.25) is 0 Å². The van der Waals surface area contributed by atoms with Crippen LogP contribution in [0.1, 0.15) is 47.0 Å². The number of nitrogens with one attached hydrogen (secondary N) is 1. The Morgan fingerprint density at radius 1 is 1.39 bits per heavy atom. The number of aliphatic carboxylic acids is 1. The van der Waals surface area contributed by atoms with Gasteiger partial charge in [-0.3, -0.25) is 0 Å². The largest absolute Gasteiger partial charge is 0.478 e. The highest BCUT2D eigenvalue weighted by Crippen LogP contribution is 2.08. The van der Waals surface area contributed by atoms with Gasteiger partial charge in [-0.15, -0.1) is 0 Å². The number of amides is 1. The summed E-state index contributed by atoms with van der Waals surface area (Å²) in [6, 6.07) is -0.309. The molecule has 0 saturated heterocycles. The highest BCUT2D eigenvalue weighted by Gasteiger charge is 2.18. The van der Waals surface area contributed by atoms with Crippen molar-refractivity contribution in [3.8, 4) is 0 Å². The van der Waals surface area contributed by atoms with Gasteiger partial charge in [-0.25, -0.2) is 9.59 Å². The zero-order valence-corrected chi connectivity index (χ0v) is 11.5. The molecule has 1 amide bonds. The summed E-state index contributed by atoms with van der Waals surface area (Å²) in [6.07, 6.45) is 4.57. The van der Waals surface area contributed by atoms with Crippen LogP contribution in [-0.4, -0.2) is 28.8 Å². The van der Waals surface area contributed by atoms with Crippen molar-refractivity contribution in [1.82, 2.24) is 5.32 Å². The third-order valence-electron chi connectivity index (χ3n) is 2.04. The van der Waals surface area contributed by atoms with Crippen LogP contribution in [0.4, 0.5) is 4.79 Å². The van der Waals surface area contributed by atoms with Gasteiger partial charge in [0.1, 0.15) is 5.60 Å². The molecular formula is C13H23NO4. The predicted molar refractivity (Wildman–Crippen MR) is 69.5 cm³/mol. The number of carboxylic acids is 1. The fourth-order valence-corrected chi connectivity index (χ4v) is 1.30. The molecule has 0 aromatic carbocycles. The van der Waals surface area contributed by atoms with Crippen molar-refractivity contribution in [3.05, 3.63) is 12.2 Å². The van der Waals surface area contributed by atoms with E-state index in [1.807, 2.05) is 6.92 Å². The summed E-state index contributed by atoms with van der Waals surface area (Å²) in [5.74, 6) is -1.03. The molecule has 0 aromatic heterocycles. The van der Waals surface area contributed by atoms with Gasteiger partial charge in [-0.1, -0.05) is 25.8 Å². The van der Waals surface area contributed by atoms with Crippen LogP contribution < -0.4 is 5.32 Å². The standard InChI is InChI=1S/C13H23NO4/c1-5-6-7-10(8-9-11(15)16)14-12(17)18-13(2,3)4/h8-10H,5-7H2,1-4H3,(H,14,17)(H,15,16)/t10-/m0/s1. The molecule has 18 heavy (non-hydrogen) atoms. The first-order chi connectivity index (χ1) is 8.24. The molecule has 0 aliphatic carbocycles. The minimum absolute atomic E-state index is 0.309. The van der Waals surface area contributed by atoms with Crippen LogP contribution in [-0.2, 0) is 9.53 Å². The number of carbonyl (C=O) groups excluding carboxylic acids is 1. The van der Waals surface area contributed by atoms with E-state index < -0.39 is 17.7 Å². The SMILES string of the molecule is CCCC[C@@H](C=CC(=O)O)NC(=O)OC(C)(C)C. The minimum Gasteiger partial charge on any atom is -0.478 e. The third-order valence-corrected chi connectivity index (χ3v) is 2.04. The maximum atomic E-state index is 11.6. The number of carboxylic acid groups (broad SMARTS) is 1. The summed E-state index contributed by atoms with van der Waals surface area (Å²) in [7, 11) is 0. The first kappa shape index (κ1) is 16.5. The van der Waals surface area contributed by atoms with Gasteiger partial charge in [0.25, 0.3) is 0 Å². The Labute approximate surface area is 108 Å². The molecule has 0 aromatic rings. The van der Waals surface area contributed by atoms with Crippen LogP contribution in [0.15, 0.2) is 12.2 Å². The highest BCUT2D eigenvalue weighted by atomic mass is 16.6. The quantitative estimate of drug-likeness (QED) is 0.717. The molecule has 1 atom stereocenters. The molecule has 104 valence electrons. The predicted octanol–water partition coefficient (Wildman–Crippen LogP) is 2.71. The molecule has 0 radical (unpaired) electrons. The second-order valence-electron chi connectivity index (χ2n) is 5.09. The van der Waals surface area contributed by atoms with Gasteiger partial charge in [0.2, 0.25) is 0 Å². The average Bonchev–Trinajstić information content (AvgIpc) is 2.19. The second kappa shape index (κ2) is 7.74. The zero-order chi connectivity index (χ0) is 14.2. The van der Waals surface area contributed by atoms with Crippen molar-refractivity contribution in [3.63, 3.8) is 0 Å². The van der Waals surface area contributed by atoms with Crippen LogP contribution >= 0.6 is 0 Å². The lowest BCUT2D eigenvalue weighted by molar-refractivity contribution is -0.131. The fraction of sp³-hybridized carbons (Fsp3) is 0.692. The topological polar surface area (TPSA) is 75.6 Å². The molecule has 5 nitrogen and oxygen atoms in total. The molecule has 0 heterocycles. The van der Waals surface area contributed by atoms with Crippen molar-refractivity contribution in [2.75, 3.05) is 0 Å². The molecule has 0 spiro atoms. The molecule has 0 rings (SSSR count). The lowest BCUT2D eigenvalue weighted by Crippen LogP contribution is -2.38. The minimum atomic E-state index is -1.03. The van der Waals surface area contributed by atoms with Gasteiger partial charge in [-0.2, -0.15) is 0 Å². The summed E-state index contributed by atoms with van der Waals surface area (Å²) < 4.78 is 5.12. The lowest BCUT2D eigenvalue weighted by atomic mass is 10.1. The van der Waals surface area contributed by atoms with E-state index in [1.54, 1.807) is 20.8 Å². The van der Waals surface area contributed by atoms with Gasteiger partial charge < -0.3 is 15.2 Å². The van der Waals surface area contributed by atoms with Gasteiger partial charge in [-0.05, 0) is 27.2 Å². The van der Waals surface area contributed by atoms with E-state index in [-0.39, 0.29) is 6.04 Å². The van der Waals surface area contributed by atoms with Crippen molar-refractivity contribution in [2.24, 2.45) is 0 Å². The number of hydrogen-bond donors (Lipinski definition) is 2. The number of alkyl carbamates (subject to hydrolysis) is 1. The van der Waals surface area contributed by atoms with Crippen LogP contribution in [0.25, 0.3) is 0 Å². The lowest BCUT2D eigenvalue weighted by Gasteiger charge is -2.22. The molecule has 5 heteroatoms. The summed E-state index contributed by atoms with van der Waals surface area (Å²) in [6.45, 7) is 7.37. The Bertz CT molecular complexity index is 305. The van der Waals surface area contributed by atoms with E-state index in [2.05, 4.69) is 5.32 Å². The molecule has 2 N–H and O–H groups in total. The number of ether oxygens (including phenoxy) is 1. The summed E-state index contributed by atoms with van der Waals surface area (Å²) in [5, 5.41) is 11.2. The summed E-state index contributed by atoms with van der Waals surface area (Å²) >= 11 is 0. The molecule has 0 bridgehead atoms. The monoisotopic (exact) mass is 257 g/mol. The number of unbranched alkanes of at least 4 members (excludes halogenated alkanes) is 1. The van der Waals surface area contributed by atoms with Gasteiger partial charge >= 0.3 is 12.1 Å². The Balaban J connectivity index is 4.39. The number of carbonyl (C=O) groups is 2. The Morgan fingerprint density at radius 3 is 2.44 bits per heavy atom. The molecule has 0 aliphatic heterocycles. The van der Waals surface area contributed by atoms with Crippen molar-refractivity contribution in [1.29, 1.82) is 0 Å². The van der Waals surface area contributed by atoms with E-state index in [1.165, 1.54) is 6.08 Å². The van der Waals surface area contributed by atoms with E-state index in [9.17, 15) is 9.59 Å². The number of hydrogen-bond acceptors (Lipinski definition) is 3. The van der Waals surface area contributed by atoms with E-state index in [0.29, 0.717) is 6.42 Å². The average molecular weight is 257 g/mol. The van der Waals surface area contributed by atoms with Gasteiger partial charge in [0.15, 0.2) is 0 Å². The number of rotatable bonds is 6. The van der Waals surface area contributed by atoms with E-state index in [0.717, 1.165) is 18.9 Å². The second-order valence-corrected chi connectivity index (χ2v) is 5.09. The first-order valence-corrected chi connectivity index (χ1v) is 6.15. The highest BCUT2D eigenvalue weighted by molar-refractivity contribution is 5.80. The van der Waals surface area contributed by atoms with Crippen molar-refractivity contribution >= 4 is 12.1 Å². The maximum absolute atomic E-state index is 11.6. The summed E-state index contributed by atoms with van der Waals surface area (Å²) in [5.41, 5.74) is -0.560. The van der Waals surface area contributed by atoms with Crippen LogP contribution in [0, 0.1) is 0 Å². The molecule has 0 fully saturated rings. The third kappa shape index (κ3) is 9.69. The van der Waals surface area contributed by atoms with Crippen molar-refractivity contribution < 1.29 is 19.4 Å².